The van der Waals surface area contributed by atoms with E-state index in [1.54, 1.807) is 0 Å². The molecule has 1 nitrogen and oxygen atoms in total. The van der Waals surface area contributed by atoms with Gasteiger partial charge in [-0.05, 0) is 94.3 Å². The van der Waals surface area contributed by atoms with Crippen LogP contribution in [0.2, 0.25) is 0 Å². The highest BCUT2D eigenvalue weighted by Crippen LogP contribution is 2.54. The van der Waals surface area contributed by atoms with E-state index in [1.165, 1.54) is 75.8 Å². The number of fused-ring (bicyclic) bond motifs is 5. The molecule has 0 amide bonds. The van der Waals surface area contributed by atoms with Crippen LogP contribution in [-0.4, -0.2) is 0 Å². The molecule has 0 unspecified atom stereocenters. The summed E-state index contributed by atoms with van der Waals surface area (Å²) in [7, 11) is 0. The molecule has 2 heterocycles. The molecular formula is C46H34OS. The average Bonchev–Trinajstić information content (AvgIpc) is 3.54. The molecule has 0 spiro atoms. The molecule has 9 rings (SSSR count). The number of hydrogen-bond donors (Lipinski definition) is 0. The summed E-state index contributed by atoms with van der Waals surface area (Å²) < 4.78 is 9.36. The van der Waals surface area contributed by atoms with Crippen molar-refractivity contribution in [2.75, 3.05) is 0 Å². The number of rotatable bonds is 5. The number of ether oxygens (including phenoxy) is 1. The SMILES string of the molecule is CCc1ccccc1-c1cccc2c1sc1ccc(C3(C)c4cc(-c5ccccc5)ccc4Oc4ccc(-c5ccccc5)cc43)cc12. The van der Waals surface area contributed by atoms with Crippen molar-refractivity contribution in [2.24, 2.45) is 0 Å². The topological polar surface area (TPSA) is 9.23 Å². The monoisotopic (exact) mass is 634 g/mol. The van der Waals surface area contributed by atoms with Crippen molar-refractivity contribution in [3.05, 3.63) is 180 Å². The van der Waals surface area contributed by atoms with Crippen LogP contribution in [0, 0.1) is 0 Å². The second-order valence-corrected chi connectivity index (χ2v) is 13.9. The van der Waals surface area contributed by atoms with Crippen LogP contribution in [0.25, 0.3) is 53.6 Å². The Morgan fingerprint density at radius 3 is 1.77 bits per heavy atom. The molecule has 0 radical (unpaired) electrons. The molecule has 0 bridgehead atoms. The molecule has 2 heteroatoms. The summed E-state index contributed by atoms with van der Waals surface area (Å²) in [6, 6.07) is 57.5. The summed E-state index contributed by atoms with van der Waals surface area (Å²) >= 11 is 1.90. The highest BCUT2D eigenvalue weighted by atomic mass is 32.1. The van der Waals surface area contributed by atoms with Crippen LogP contribution in [0.15, 0.2) is 158 Å². The Kier molecular flexibility index (Phi) is 6.81. The van der Waals surface area contributed by atoms with E-state index in [9.17, 15) is 0 Å². The third-order valence-electron chi connectivity index (χ3n) is 10.2. The van der Waals surface area contributed by atoms with Gasteiger partial charge in [-0.3, -0.25) is 0 Å². The van der Waals surface area contributed by atoms with Crippen molar-refractivity contribution in [3.8, 4) is 44.9 Å². The fourth-order valence-electron chi connectivity index (χ4n) is 7.63. The highest BCUT2D eigenvalue weighted by molar-refractivity contribution is 7.26. The molecule has 230 valence electrons. The Bertz CT molecular complexity index is 2380. The van der Waals surface area contributed by atoms with Crippen molar-refractivity contribution in [1.82, 2.24) is 0 Å². The van der Waals surface area contributed by atoms with Gasteiger partial charge in [-0.25, -0.2) is 0 Å². The number of thiophene rings is 1. The van der Waals surface area contributed by atoms with E-state index in [4.69, 9.17) is 4.74 Å². The van der Waals surface area contributed by atoms with E-state index in [1.807, 2.05) is 11.3 Å². The van der Waals surface area contributed by atoms with Gasteiger partial charge >= 0.3 is 0 Å². The Hall–Kier alpha value is -5.44. The zero-order chi connectivity index (χ0) is 32.2. The van der Waals surface area contributed by atoms with E-state index in [0.29, 0.717) is 0 Å². The molecule has 0 fully saturated rings. The summed E-state index contributed by atoms with van der Waals surface area (Å²) in [5.74, 6) is 1.82. The normalized spacial score (nSPS) is 13.2. The molecule has 0 saturated carbocycles. The lowest BCUT2D eigenvalue weighted by molar-refractivity contribution is 0.427. The third kappa shape index (κ3) is 4.52. The van der Waals surface area contributed by atoms with E-state index < -0.39 is 5.41 Å². The Labute approximate surface area is 285 Å². The Morgan fingerprint density at radius 2 is 1.12 bits per heavy atom. The lowest BCUT2D eigenvalue weighted by Crippen LogP contribution is -2.29. The van der Waals surface area contributed by atoms with Gasteiger partial charge in [0.15, 0.2) is 0 Å². The first-order valence-corrected chi connectivity index (χ1v) is 17.6. The maximum absolute atomic E-state index is 6.71. The van der Waals surface area contributed by atoms with Gasteiger partial charge in [0.05, 0.1) is 0 Å². The fraction of sp³-hybridized carbons (Fsp3) is 0.0870. The predicted molar refractivity (Wildman–Crippen MR) is 204 cm³/mol. The molecule has 1 aliphatic heterocycles. The van der Waals surface area contributed by atoms with Gasteiger partial charge in [-0.15, -0.1) is 11.3 Å². The Balaban J connectivity index is 1.29. The minimum Gasteiger partial charge on any atom is -0.457 e. The first-order valence-electron chi connectivity index (χ1n) is 16.7. The zero-order valence-corrected chi connectivity index (χ0v) is 27.9. The van der Waals surface area contributed by atoms with E-state index in [0.717, 1.165) is 17.9 Å². The molecule has 0 aliphatic carbocycles. The third-order valence-corrected chi connectivity index (χ3v) is 11.5. The van der Waals surface area contributed by atoms with Gasteiger partial charge in [-0.1, -0.05) is 128 Å². The lowest BCUT2D eigenvalue weighted by atomic mass is 9.68. The second-order valence-electron chi connectivity index (χ2n) is 12.9. The number of aryl methyl sites for hydroxylation is 1. The minimum absolute atomic E-state index is 0.465. The molecular weight excluding hydrogens is 601 g/mol. The van der Waals surface area contributed by atoms with Gasteiger partial charge in [0.1, 0.15) is 11.5 Å². The molecule has 48 heavy (non-hydrogen) atoms. The van der Waals surface area contributed by atoms with Gasteiger partial charge < -0.3 is 4.74 Å². The maximum atomic E-state index is 6.71. The van der Waals surface area contributed by atoms with Gasteiger partial charge in [-0.2, -0.15) is 0 Å². The fourth-order valence-corrected chi connectivity index (χ4v) is 8.84. The largest absolute Gasteiger partial charge is 0.457 e. The molecule has 0 saturated heterocycles. The molecule has 1 aromatic heterocycles. The van der Waals surface area contributed by atoms with Crippen molar-refractivity contribution in [2.45, 2.75) is 25.7 Å². The van der Waals surface area contributed by atoms with Crippen LogP contribution in [-0.2, 0) is 11.8 Å². The first-order chi connectivity index (χ1) is 23.6. The van der Waals surface area contributed by atoms with Crippen LogP contribution < -0.4 is 4.74 Å². The first kappa shape index (κ1) is 28.8. The Morgan fingerprint density at radius 1 is 0.521 bits per heavy atom. The van der Waals surface area contributed by atoms with E-state index in [2.05, 4.69) is 172 Å². The van der Waals surface area contributed by atoms with Crippen LogP contribution in [0.4, 0.5) is 0 Å². The summed E-state index contributed by atoms with van der Waals surface area (Å²) in [4.78, 5) is 0. The minimum atomic E-state index is -0.465. The van der Waals surface area contributed by atoms with Crippen LogP contribution in [0.5, 0.6) is 11.5 Å². The average molecular weight is 635 g/mol. The van der Waals surface area contributed by atoms with Crippen LogP contribution in [0.1, 0.15) is 36.1 Å². The lowest BCUT2D eigenvalue weighted by Gasteiger charge is -2.39. The quantitative estimate of drug-likeness (QED) is 0.183. The molecule has 1 aliphatic rings. The van der Waals surface area contributed by atoms with Crippen LogP contribution in [0.3, 0.4) is 0 Å². The van der Waals surface area contributed by atoms with Crippen molar-refractivity contribution in [1.29, 1.82) is 0 Å². The molecule has 0 N–H and O–H groups in total. The van der Waals surface area contributed by atoms with Crippen molar-refractivity contribution >= 4 is 31.5 Å². The molecule has 7 aromatic carbocycles. The van der Waals surface area contributed by atoms with Gasteiger partial charge in [0.25, 0.3) is 0 Å². The van der Waals surface area contributed by atoms with Crippen LogP contribution >= 0.6 is 11.3 Å². The standard InChI is InChI=1S/C46H34OS/c1-3-30-13-10-11-18-36(30)37-19-12-20-38-39-29-35(23-26-44(39)48-45(37)38)46(2)40-27-33(31-14-6-4-7-15-31)21-24-42(40)47-43-25-22-34(28-41(43)46)32-16-8-5-9-17-32/h4-29H,3H2,1-2H3. The zero-order valence-electron chi connectivity index (χ0n) is 27.0. The van der Waals surface area contributed by atoms with Crippen molar-refractivity contribution < 1.29 is 4.74 Å². The number of benzene rings is 7. The number of hydrogen-bond acceptors (Lipinski definition) is 2. The van der Waals surface area contributed by atoms with Gasteiger partial charge in [0.2, 0.25) is 0 Å². The molecule has 8 aromatic rings. The smallest absolute Gasteiger partial charge is 0.131 e. The molecule has 0 atom stereocenters. The van der Waals surface area contributed by atoms with E-state index in [-0.39, 0.29) is 0 Å². The van der Waals surface area contributed by atoms with Crippen molar-refractivity contribution in [3.63, 3.8) is 0 Å². The summed E-state index contributed by atoms with van der Waals surface area (Å²) in [6.45, 7) is 4.63. The maximum Gasteiger partial charge on any atom is 0.131 e. The van der Waals surface area contributed by atoms with Gasteiger partial charge in [0, 0.05) is 36.7 Å². The summed E-state index contributed by atoms with van der Waals surface area (Å²) in [6.07, 6.45) is 1.01. The predicted octanol–water partition coefficient (Wildman–Crippen LogP) is 13.1. The summed E-state index contributed by atoms with van der Waals surface area (Å²) in [5.41, 5.74) is 12.0. The highest BCUT2D eigenvalue weighted by Gasteiger charge is 2.40. The second kappa shape index (κ2) is 11.4. The van der Waals surface area contributed by atoms with E-state index >= 15 is 0 Å². The summed E-state index contributed by atoms with van der Waals surface area (Å²) in [5, 5.41) is 2.62.